The SMILES string of the molecule is Cc1cc(N)ccc1N(C)C1CCCC1. The Morgan fingerprint density at radius 3 is 2.53 bits per heavy atom. The van der Waals surface area contributed by atoms with E-state index in [9.17, 15) is 0 Å². The van der Waals surface area contributed by atoms with Gasteiger partial charge in [0.15, 0.2) is 0 Å². The largest absolute Gasteiger partial charge is 0.399 e. The lowest BCUT2D eigenvalue weighted by Crippen LogP contribution is -2.29. The van der Waals surface area contributed by atoms with Crippen molar-refractivity contribution in [3.63, 3.8) is 0 Å². The molecule has 82 valence electrons. The van der Waals surface area contributed by atoms with Crippen molar-refractivity contribution in [2.24, 2.45) is 0 Å². The number of rotatable bonds is 2. The third-order valence-corrected chi connectivity index (χ3v) is 3.47. The van der Waals surface area contributed by atoms with E-state index in [4.69, 9.17) is 5.73 Å². The zero-order valence-electron chi connectivity index (χ0n) is 9.66. The van der Waals surface area contributed by atoms with Gasteiger partial charge in [0.2, 0.25) is 0 Å². The molecule has 0 spiro atoms. The molecule has 0 unspecified atom stereocenters. The van der Waals surface area contributed by atoms with Crippen LogP contribution < -0.4 is 10.6 Å². The zero-order chi connectivity index (χ0) is 10.8. The zero-order valence-corrected chi connectivity index (χ0v) is 9.66. The highest BCUT2D eigenvalue weighted by Gasteiger charge is 2.20. The van der Waals surface area contributed by atoms with Crippen LogP contribution in [0.15, 0.2) is 18.2 Å². The molecule has 0 atom stereocenters. The summed E-state index contributed by atoms with van der Waals surface area (Å²) in [4.78, 5) is 2.42. The second-order valence-electron chi connectivity index (χ2n) is 4.60. The summed E-state index contributed by atoms with van der Waals surface area (Å²) in [6, 6.07) is 6.92. The first-order valence-corrected chi connectivity index (χ1v) is 5.77. The fourth-order valence-corrected chi connectivity index (χ4v) is 2.56. The highest BCUT2D eigenvalue weighted by Crippen LogP contribution is 2.29. The lowest BCUT2D eigenvalue weighted by molar-refractivity contribution is 0.652. The van der Waals surface area contributed by atoms with Gasteiger partial charge < -0.3 is 10.6 Å². The van der Waals surface area contributed by atoms with E-state index in [0.29, 0.717) is 0 Å². The highest BCUT2D eigenvalue weighted by molar-refractivity contribution is 5.59. The summed E-state index contributed by atoms with van der Waals surface area (Å²) in [6.07, 6.45) is 5.42. The van der Waals surface area contributed by atoms with Crippen LogP contribution in [0.3, 0.4) is 0 Å². The Labute approximate surface area is 92.1 Å². The maximum Gasteiger partial charge on any atom is 0.0397 e. The Bertz CT molecular complexity index is 340. The minimum Gasteiger partial charge on any atom is -0.399 e. The summed E-state index contributed by atoms with van der Waals surface area (Å²) >= 11 is 0. The first-order chi connectivity index (χ1) is 7.18. The minimum atomic E-state index is 0.729. The summed E-state index contributed by atoms with van der Waals surface area (Å²) in [6.45, 7) is 2.14. The molecule has 1 aliphatic rings. The predicted octanol–water partition coefficient (Wildman–Crippen LogP) is 2.96. The third kappa shape index (κ3) is 2.09. The smallest absolute Gasteiger partial charge is 0.0397 e. The number of hydrogen-bond donors (Lipinski definition) is 1. The Morgan fingerprint density at radius 2 is 1.93 bits per heavy atom. The Kier molecular flexibility index (Phi) is 2.85. The van der Waals surface area contributed by atoms with Crippen LogP contribution in [-0.4, -0.2) is 13.1 Å². The minimum absolute atomic E-state index is 0.729. The van der Waals surface area contributed by atoms with Crippen LogP contribution in [-0.2, 0) is 0 Å². The van der Waals surface area contributed by atoms with Crippen molar-refractivity contribution >= 4 is 11.4 Å². The van der Waals surface area contributed by atoms with Crippen molar-refractivity contribution in [3.05, 3.63) is 23.8 Å². The van der Waals surface area contributed by atoms with E-state index in [-0.39, 0.29) is 0 Å². The van der Waals surface area contributed by atoms with Crippen LogP contribution in [0.2, 0.25) is 0 Å². The van der Waals surface area contributed by atoms with E-state index in [0.717, 1.165) is 11.7 Å². The molecule has 0 bridgehead atoms. The molecule has 15 heavy (non-hydrogen) atoms. The molecule has 1 fully saturated rings. The number of anilines is 2. The second kappa shape index (κ2) is 4.13. The molecule has 2 nitrogen and oxygen atoms in total. The summed E-state index contributed by atoms with van der Waals surface area (Å²) in [5.74, 6) is 0. The normalized spacial score (nSPS) is 16.9. The van der Waals surface area contributed by atoms with Crippen molar-refractivity contribution in [2.75, 3.05) is 17.7 Å². The molecule has 1 aromatic rings. The van der Waals surface area contributed by atoms with Gasteiger partial charge in [-0.3, -0.25) is 0 Å². The molecular formula is C13H20N2. The molecule has 0 heterocycles. The number of nitrogen functional groups attached to an aromatic ring is 1. The molecule has 1 aromatic carbocycles. The third-order valence-electron chi connectivity index (χ3n) is 3.47. The molecular weight excluding hydrogens is 184 g/mol. The van der Waals surface area contributed by atoms with Gasteiger partial charge >= 0.3 is 0 Å². The lowest BCUT2D eigenvalue weighted by atomic mass is 10.1. The topological polar surface area (TPSA) is 29.3 Å². The van der Waals surface area contributed by atoms with Crippen LogP contribution in [0.5, 0.6) is 0 Å². The standard InChI is InChI=1S/C13H20N2/c1-10-9-11(14)7-8-13(10)15(2)12-5-3-4-6-12/h7-9,12H,3-6,14H2,1-2H3. The fraction of sp³-hybridized carbons (Fsp3) is 0.538. The van der Waals surface area contributed by atoms with Crippen molar-refractivity contribution in [1.82, 2.24) is 0 Å². The molecule has 0 aliphatic heterocycles. The van der Waals surface area contributed by atoms with Crippen LogP contribution in [0.25, 0.3) is 0 Å². The van der Waals surface area contributed by atoms with Gasteiger partial charge in [-0.25, -0.2) is 0 Å². The number of hydrogen-bond acceptors (Lipinski definition) is 2. The van der Waals surface area contributed by atoms with Gasteiger partial charge in [-0.05, 0) is 43.5 Å². The summed E-state index contributed by atoms with van der Waals surface area (Å²) in [7, 11) is 2.20. The molecule has 0 amide bonds. The molecule has 0 aromatic heterocycles. The van der Waals surface area contributed by atoms with Crippen molar-refractivity contribution in [1.29, 1.82) is 0 Å². The van der Waals surface area contributed by atoms with Gasteiger partial charge in [-0.1, -0.05) is 12.8 Å². The average molecular weight is 204 g/mol. The monoisotopic (exact) mass is 204 g/mol. The number of aryl methyl sites for hydroxylation is 1. The molecule has 2 heteroatoms. The van der Waals surface area contributed by atoms with E-state index >= 15 is 0 Å². The molecule has 0 saturated heterocycles. The number of nitrogens with zero attached hydrogens (tertiary/aromatic N) is 1. The van der Waals surface area contributed by atoms with Gasteiger partial charge in [-0.2, -0.15) is 0 Å². The Hall–Kier alpha value is -1.18. The Morgan fingerprint density at radius 1 is 1.27 bits per heavy atom. The van der Waals surface area contributed by atoms with Gasteiger partial charge in [0.05, 0.1) is 0 Å². The Balaban J connectivity index is 2.20. The van der Waals surface area contributed by atoms with Crippen molar-refractivity contribution in [3.8, 4) is 0 Å². The van der Waals surface area contributed by atoms with Crippen molar-refractivity contribution < 1.29 is 0 Å². The van der Waals surface area contributed by atoms with Crippen LogP contribution in [0, 0.1) is 6.92 Å². The van der Waals surface area contributed by atoms with E-state index < -0.39 is 0 Å². The fourth-order valence-electron chi connectivity index (χ4n) is 2.56. The van der Waals surface area contributed by atoms with Gasteiger partial charge in [0.1, 0.15) is 0 Å². The van der Waals surface area contributed by atoms with E-state index in [2.05, 4.69) is 31.0 Å². The summed E-state index contributed by atoms with van der Waals surface area (Å²) < 4.78 is 0. The maximum absolute atomic E-state index is 5.76. The van der Waals surface area contributed by atoms with Crippen LogP contribution >= 0.6 is 0 Å². The quantitative estimate of drug-likeness (QED) is 0.750. The molecule has 1 saturated carbocycles. The van der Waals surface area contributed by atoms with E-state index in [1.165, 1.54) is 36.9 Å². The van der Waals surface area contributed by atoms with E-state index in [1.807, 2.05) is 6.07 Å². The number of nitrogens with two attached hydrogens (primary N) is 1. The molecule has 2 N–H and O–H groups in total. The predicted molar refractivity (Wildman–Crippen MR) is 66.3 cm³/mol. The maximum atomic E-state index is 5.76. The molecule has 2 rings (SSSR count). The highest BCUT2D eigenvalue weighted by atomic mass is 15.1. The van der Waals surface area contributed by atoms with Gasteiger partial charge in [0, 0.05) is 24.5 Å². The summed E-state index contributed by atoms with van der Waals surface area (Å²) in [5.41, 5.74) is 9.23. The molecule has 1 aliphatic carbocycles. The first-order valence-electron chi connectivity index (χ1n) is 5.77. The summed E-state index contributed by atoms with van der Waals surface area (Å²) in [5, 5.41) is 0. The van der Waals surface area contributed by atoms with Crippen LogP contribution in [0.1, 0.15) is 31.2 Å². The van der Waals surface area contributed by atoms with Crippen molar-refractivity contribution in [2.45, 2.75) is 38.6 Å². The van der Waals surface area contributed by atoms with Crippen LogP contribution in [0.4, 0.5) is 11.4 Å². The lowest BCUT2D eigenvalue weighted by Gasteiger charge is -2.28. The molecule has 0 radical (unpaired) electrons. The average Bonchev–Trinajstić information content (AvgIpc) is 2.69. The van der Waals surface area contributed by atoms with E-state index in [1.54, 1.807) is 0 Å². The van der Waals surface area contributed by atoms with Gasteiger partial charge in [0.25, 0.3) is 0 Å². The first kappa shape index (κ1) is 10.3. The van der Waals surface area contributed by atoms with Gasteiger partial charge in [-0.15, -0.1) is 0 Å². The second-order valence-corrected chi connectivity index (χ2v) is 4.60. The number of benzene rings is 1.